The van der Waals surface area contributed by atoms with Gasteiger partial charge in [0.15, 0.2) is 9.84 Å². The number of sulfone groups is 1. The number of aliphatic hydroxyl groups is 1. The van der Waals surface area contributed by atoms with Gasteiger partial charge in [-0.05, 0) is 36.8 Å². The molecule has 0 spiro atoms. The van der Waals surface area contributed by atoms with Gasteiger partial charge in [0.1, 0.15) is 0 Å². The minimum Gasteiger partial charge on any atom is -0.387 e. The second kappa shape index (κ2) is 6.08. The fourth-order valence-corrected chi connectivity index (χ4v) is 3.45. The predicted octanol–water partition coefficient (Wildman–Crippen LogP) is 3.26. The fourth-order valence-electron chi connectivity index (χ4n) is 1.83. The molecule has 1 unspecified atom stereocenters. The maximum Gasteiger partial charge on any atom is 0.181 e. The Morgan fingerprint density at radius 2 is 1.60 bits per heavy atom. The van der Waals surface area contributed by atoms with Crippen molar-refractivity contribution in [3.05, 3.63) is 64.1 Å². The van der Waals surface area contributed by atoms with Gasteiger partial charge in [0.25, 0.3) is 0 Å². The molecule has 2 aromatic carbocycles. The van der Waals surface area contributed by atoms with E-state index in [0.717, 1.165) is 10.0 Å². The second-order valence-corrected chi connectivity index (χ2v) is 7.61. The first-order valence-corrected chi connectivity index (χ1v) is 8.56. The highest BCUT2D eigenvalue weighted by atomic mass is 79.9. The number of aliphatic hydroxyl groups excluding tert-OH is 1. The van der Waals surface area contributed by atoms with E-state index < -0.39 is 15.9 Å². The summed E-state index contributed by atoms with van der Waals surface area (Å²) in [5.74, 6) is -0.322. The van der Waals surface area contributed by atoms with Crippen LogP contribution in [0.4, 0.5) is 0 Å². The van der Waals surface area contributed by atoms with Crippen molar-refractivity contribution in [2.24, 2.45) is 0 Å². The molecule has 0 aliphatic carbocycles. The summed E-state index contributed by atoms with van der Waals surface area (Å²) < 4.78 is 25.3. The lowest BCUT2D eigenvalue weighted by Crippen LogP contribution is -2.14. The summed E-state index contributed by atoms with van der Waals surface area (Å²) >= 11 is 3.26. The Hall–Kier alpha value is -1.17. The molecule has 0 bridgehead atoms. The van der Waals surface area contributed by atoms with Crippen LogP contribution in [-0.2, 0) is 9.84 Å². The van der Waals surface area contributed by atoms with Crippen LogP contribution < -0.4 is 0 Å². The summed E-state index contributed by atoms with van der Waals surface area (Å²) in [5, 5.41) is 10.1. The van der Waals surface area contributed by atoms with Gasteiger partial charge in [0.2, 0.25) is 0 Å². The van der Waals surface area contributed by atoms with E-state index in [4.69, 9.17) is 0 Å². The maximum atomic E-state index is 12.2. The summed E-state index contributed by atoms with van der Waals surface area (Å²) in [4.78, 5) is 0.215. The van der Waals surface area contributed by atoms with Crippen LogP contribution in [0.3, 0.4) is 0 Å². The van der Waals surface area contributed by atoms with E-state index in [2.05, 4.69) is 15.9 Å². The van der Waals surface area contributed by atoms with Crippen molar-refractivity contribution in [3.8, 4) is 0 Å². The standard InChI is InChI=1S/C15H15BrO3S/c1-11-2-4-12(5-3-11)15(17)10-20(18,19)14-8-6-13(16)7-9-14/h2-9,15,17H,10H2,1H3. The minimum atomic E-state index is -3.51. The van der Waals surface area contributed by atoms with E-state index in [-0.39, 0.29) is 10.6 Å². The Labute approximate surface area is 127 Å². The smallest absolute Gasteiger partial charge is 0.181 e. The molecule has 2 aromatic rings. The monoisotopic (exact) mass is 354 g/mol. The van der Waals surface area contributed by atoms with Gasteiger partial charge >= 0.3 is 0 Å². The molecule has 0 amide bonds. The molecule has 20 heavy (non-hydrogen) atoms. The summed E-state index contributed by atoms with van der Waals surface area (Å²) in [7, 11) is -3.51. The van der Waals surface area contributed by atoms with E-state index in [1.807, 2.05) is 19.1 Å². The molecular formula is C15H15BrO3S. The number of rotatable bonds is 4. The van der Waals surface area contributed by atoms with Crippen molar-refractivity contribution in [3.63, 3.8) is 0 Å². The Balaban J connectivity index is 2.19. The topological polar surface area (TPSA) is 54.4 Å². The molecule has 0 saturated heterocycles. The van der Waals surface area contributed by atoms with Crippen molar-refractivity contribution >= 4 is 25.8 Å². The zero-order chi connectivity index (χ0) is 14.8. The van der Waals surface area contributed by atoms with Gasteiger partial charge in [0.05, 0.1) is 16.8 Å². The molecule has 3 nitrogen and oxygen atoms in total. The largest absolute Gasteiger partial charge is 0.387 e. The highest BCUT2D eigenvalue weighted by molar-refractivity contribution is 9.10. The van der Waals surface area contributed by atoms with Crippen molar-refractivity contribution in [2.75, 3.05) is 5.75 Å². The zero-order valence-corrected chi connectivity index (χ0v) is 13.4. The average Bonchev–Trinajstić information content (AvgIpc) is 2.39. The molecule has 2 rings (SSSR count). The molecule has 1 N–H and O–H groups in total. The highest BCUT2D eigenvalue weighted by Gasteiger charge is 2.20. The average molecular weight is 355 g/mol. The van der Waals surface area contributed by atoms with Crippen LogP contribution in [-0.4, -0.2) is 19.3 Å². The van der Waals surface area contributed by atoms with Crippen molar-refractivity contribution in [2.45, 2.75) is 17.9 Å². The lowest BCUT2D eigenvalue weighted by atomic mass is 10.1. The molecular weight excluding hydrogens is 340 g/mol. The summed E-state index contributed by atoms with van der Waals surface area (Å²) in [6, 6.07) is 13.6. The summed E-state index contributed by atoms with van der Waals surface area (Å²) in [6.45, 7) is 1.94. The van der Waals surface area contributed by atoms with Gasteiger partial charge in [-0.15, -0.1) is 0 Å². The summed E-state index contributed by atoms with van der Waals surface area (Å²) in [6.07, 6.45) is -1.02. The van der Waals surface area contributed by atoms with E-state index in [9.17, 15) is 13.5 Å². The van der Waals surface area contributed by atoms with Crippen molar-refractivity contribution in [1.29, 1.82) is 0 Å². The van der Waals surface area contributed by atoms with Crippen molar-refractivity contribution < 1.29 is 13.5 Å². The SMILES string of the molecule is Cc1ccc(C(O)CS(=O)(=O)c2ccc(Br)cc2)cc1. The van der Waals surface area contributed by atoms with Crippen LogP contribution in [0.15, 0.2) is 57.9 Å². The van der Waals surface area contributed by atoms with Crippen LogP contribution in [0, 0.1) is 6.92 Å². The van der Waals surface area contributed by atoms with E-state index in [0.29, 0.717) is 5.56 Å². The van der Waals surface area contributed by atoms with Gasteiger partial charge in [-0.25, -0.2) is 8.42 Å². The lowest BCUT2D eigenvalue weighted by molar-refractivity contribution is 0.201. The number of hydrogen-bond acceptors (Lipinski definition) is 3. The predicted molar refractivity (Wildman–Crippen MR) is 82.3 cm³/mol. The third kappa shape index (κ3) is 3.69. The maximum absolute atomic E-state index is 12.2. The highest BCUT2D eigenvalue weighted by Crippen LogP contribution is 2.21. The molecule has 1 atom stereocenters. The zero-order valence-electron chi connectivity index (χ0n) is 11.0. The molecule has 106 valence electrons. The van der Waals surface area contributed by atoms with Crippen LogP contribution >= 0.6 is 15.9 Å². The third-order valence-electron chi connectivity index (χ3n) is 3.01. The van der Waals surface area contributed by atoms with Gasteiger partial charge in [0, 0.05) is 4.47 Å². The van der Waals surface area contributed by atoms with Crippen LogP contribution in [0.1, 0.15) is 17.2 Å². The van der Waals surface area contributed by atoms with Crippen molar-refractivity contribution in [1.82, 2.24) is 0 Å². The molecule has 0 fully saturated rings. The Morgan fingerprint density at radius 3 is 2.15 bits per heavy atom. The quantitative estimate of drug-likeness (QED) is 0.916. The van der Waals surface area contributed by atoms with Gasteiger partial charge < -0.3 is 5.11 Å². The first-order valence-electron chi connectivity index (χ1n) is 6.11. The Kier molecular flexibility index (Phi) is 4.62. The van der Waals surface area contributed by atoms with E-state index >= 15 is 0 Å². The molecule has 0 heterocycles. The Morgan fingerprint density at radius 1 is 1.05 bits per heavy atom. The summed E-state index contributed by atoms with van der Waals surface area (Å²) in [5.41, 5.74) is 1.67. The van der Waals surface area contributed by atoms with Crippen LogP contribution in [0.2, 0.25) is 0 Å². The first-order chi connectivity index (χ1) is 9.38. The molecule has 0 aliphatic rings. The fraction of sp³-hybridized carbons (Fsp3) is 0.200. The van der Waals surface area contributed by atoms with Crippen LogP contribution in [0.25, 0.3) is 0 Å². The van der Waals surface area contributed by atoms with Gasteiger partial charge in [-0.1, -0.05) is 45.8 Å². The lowest BCUT2D eigenvalue weighted by Gasteiger charge is -2.12. The number of benzene rings is 2. The molecule has 0 saturated carbocycles. The first kappa shape index (κ1) is 15.2. The van der Waals surface area contributed by atoms with E-state index in [1.54, 1.807) is 24.3 Å². The number of hydrogen-bond donors (Lipinski definition) is 1. The van der Waals surface area contributed by atoms with E-state index in [1.165, 1.54) is 12.1 Å². The van der Waals surface area contributed by atoms with Crippen LogP contribution in [0.5, 0.6) is 0 Å². The minimum absolute atomic E-state index is 0.215. The number of halogens is 1. The molecule has 0 aromatic heterocycles. The number of aryl methyl sites for hydroxylation is 1. The van der Waals surface area contributed by atoms with Gasteiger partial charge in [-0.2, -0.15) is 0 Å². The normalized spacial score (nSPS) is 13.2. The molecule has 0 aliphatic heterocycles. The third-order valence-corrected chi connectivity index (χ3v) is 5.29. The molecule has 5 heteroatoms. The molecule has 0 radical (unpaired) electrons. The van der Waals surface area contributed by atoms with Gasteiger partial charge in [-0.3, -0.25) is 0 Å². The Bertz CT molecular complexity index is 676. The second-order valence-electron chi connectivity index (χ2n) is 4.66.